The second-order valence-electron chi connectivity index (χ2n) is 8.50. The molecule has 0 bridgehead atoms. The molecule has 1 aliphatic heterocycles. The lowest BCUT2D eigenvalue weighted by Gasteiger charge is -2.26. The fraction of sp³-hybridized carbons (Fsp3) is 0.333. The number of carbonyl (C=O) groups is 2. The molecule has 2 amide bonds. The van der Waals surface area contributed by atoms with Gasteiger partial charge < -0.3 is 15.0 Å². The fourth-order valence-corrected chi connectivity index (χ4v) is 4.70. The first kappa shape index (κ1) is 24.1. The van der Waals surface area contributed by atoms with Gasteiger partial charge in [-0.25, -0.2) is 0 Å². The Labute approximate surface area is 205 Å². The maximum Gasteiger partial charge on any atom is 0.268 e. The molecule has 0 aliphatic carbocycles. The molecule has 0 saturated carbocycles. The van der Waals surface area contributed by atoms with Gasteiger partial charge >= 0.3 is 0 Å². The lowest BCUT2D eigenvalue weighted by atomic mass is 10.1. The van der Waals surface area contributed by atoms with Crippen molar-refractivity contribution in [3.63, 3.8) is 0 Å². The summed E-state index contributed by atoms with van der Waals surface area (Å²) in [5, 5.41) is 4.92. The summed E-state index contributed by atoms with van der Waals surface area (Å²) in [5.74, 6) is -0.0163. The van der Waals surface area contributed by atoms with Crippen molar-refractivity contribution in [2.24, 2.45) is 0 Å². The minimum atomic E-state index is -0.0230. The summed E-state index contributed by atoms with van der Waals surface area (Å²) < 4.78 is 5.35. The Kier molecular flexibility index (Phi) is 8.46. The predicted octanol–water partition coefficient (Wildman–Crippen LogP) is 3.89. The molecule has 178 valence electrons. The van der Waals surface area contributed by atoms with Crippen LogP contribution in [0, 0.1) is 6.92 Å². The van der Waals surface area contributed by atoms with E-state index in [-0.39, 0.29) is 11.8 Å². The van der Waals surface area contributed by atoms with E-state index in [1.54, 1.807) is 4.90 Å². The maximum atomic E-state index is 13.3. The Hall–Kier alpha value is -3.00. The first-order valence-corrected chi connectivity index (χ1v) is 12.5. The molecule has 0 unspecified atom stereocenters. The van der Waals surface area contributed by atoms with Gasteiger partial charge in [-0.2, -0.15) is 0 Å². The Morgan fingerprint density at radius 3 is 2.53 bits per heavy atom. The zero-order chi connectivity index (χ0) is 23.8. The molecular formula is C27H31N3O3S. The van der Waals surface area contributed by atoms with Gasteiger partial charge in [0.25, 0.3) is 5.91 Å². The van der Waals surface area contributed by atoms with Gasteiger partial charge in [0, 0.05) is 31.9 Å². The molecule has 3 aromatic rings. The quantitative estimate of drug-likeness (QED) is 0.508. The van der Waals surface area contributed by atoms with E-state index >= 15 is 0 Å². The fourth-order valence-electron chi connectivity index (χ4n) is 4.03. The van der Waals surface area contributed by atoms with E-state index in [2.05, 4.69) is 29.3 Å². The number of thiophene rings is 1. The third-order valence-electron chi connectivity index (χ3n) is 5.87. The van der Waals surface area contributed by atoms with Gasteiger partial charge in [-0.05, 0) is 41.6 Å². The van der Waals surface area contributed by atoms with Crippen LogP contribution in [0.5, 0.6) is 0 Å². The average molecular weight is 478 g/mol. The van der Waals surface area contributed by atoms with E-state index in [0.717, 1.165) is 55.2 Å². The lowest BCUT2D eigenvalue weighted by molar-refractivity contribution is -0.120. The normalized spacial score (nSPS) is 14.0. The van der Waals surface area contributed by atoms with Crippen LogP contribution in [0.25, 0.3) is 0 Å². The van der Waals surface area contributed by atoms with Crippen molar-refractivity contribution < 1.29 is 14.3 Å². The van der Waals surface area contributed by atoms with Crippen LogP contribution in [0.4, 0.5) is 5.69 Å². The van der Waals surface area contributed by atoms with Crippen molar-refractivity contribution in [2.75, 3.05) is 44.3 Å². The van der Waals surface area contributed by atoms with E-state index in [1.807, 2.05) is 53.9 Å². The highest BCUT2D eigenvalue weighted by Gasteiger charge is 2.19. The lowest BCUT2D eigenvalue weighted by Crippen LogP contribution is -2.41. The summed E-state index contributed by atoms with van der Waals surface area (Å²) in [7, 11) is 0. The van der Waals surface area contributed by atoms with E-state index < -0.39 is 0 Å². The molecule has 1 aromatic heterocycles. The highest BCUT2D eigenvalue weighted by atomic mass is 32.1. The van der Waals surface area contributed by atoms with Gasteiger partial charge in [0.15, 0.2) is 0 Å². The van der Waals surface area contributed by atoms with Crippen LogP contribution in [0.2, 0.25) is 0 Å². The average Bonchev–Trinajstić information content (AvgIpc) is 3.39. The van der Waals surface area contributed by atoms with Crippen LogP contribution < -0.4 is 10.2 Å². The van der Waals surface area contributed by atoms with Gasteiger partial charge in [-0.15, -0.1) is 11.3 Å². The first-order valence-electron chi connectivity index (χ1n) is 11.6. The minimum Gasteiger partial charge on any atom is -0.379 e. The van der Waals surface area contributed by atoms with Crippen molar-refractivity contribution in [3.05, 3.63) is 87.6 Å². The highest BCUT2D eigenvalue weighted by Crippen LogP contribution is 2.23. The molecule has 6 nitrogen and oxygen atoms in total. The molecule has 0 spiro atoms. The Bertz CT molecular complexity index is 1080. The Balaban J connectivity index is 1.39. The third kappa shape index (κ3) is 6.76. The topological polar surface area (TPSA) is 61.9 Å². The van der Waals surface area contributed by atoms with Gasteiger partial charge in [-0.1, -0.05) is 48.0 Å². The summed E-state index contributed by atoms with van der Waals surface area (Å²) in [6.07, 6.45) is 0.320. The van der Waals surface area contributed by atoms with Crippen LogP contribution in [0.1, 0.15) is 26.4 Å². The standard InChI is InChI=1S/C27H31N3O3S/c1-21-4-2-5-23(18-21)20-30(27(32)25-6-3-17-34-25)24-9-7-22(8-10-24)19-26(31)28-11-12-29-13-15-33-16-14-29/h2-10,17-18H,11-16,19-20H2,1H3,(H,28,31). The van der Waals surface area contributed by atoms with Crippen molar-refractivity contribution in [1.29, 1.82) is 0 Å². The molecule has 0 atom stereocenters. The van der Waals surface area contributed by atoms with Crippen LogP contribution in [0.3, 0.4) is 0 Å². The molecule has 1 N–H and O–H groups in total. The largest absolute Gasteiger partial charge is 0.379 e. The molecular weight excluding hydrogens is 446 g/mol. The second kappa shape index (κ2) is 11.9. The number of hydrogen-bond acceptors (Lipinski definition) is 5. The SMILES string of the molecule is Cc1cccc(CN(C(=O)c2cccs2)c2ccc(CC(=O)NCCN3CCOCC3)cc2)c1. The molecule has 1 aliphatic rings. The van der Waals surface area contributed by atoms with Crippen LogP contribution in [-0.2, 0) is 22.5 Å². The summed E-state index contributed by atoms with van der Waals surface area (Å²) in [6.45, 7) is 7.37. The molecule has 34 heavy (non-hydrogen) atoms. The Morgan fingerprint density at radius 1 is 1.03 bits per heavy atom. The minimum absolute atomic E-state index is 0.00675. The highest BCUT2D eigenvalue weighted by molar-refractivity contribution is 7.12. The smallest absolute Gasteiger partial charge is 0.268 e. The monoisotopic (exact) mass is 477 g/mol. The summed E-state index contributed by atoms with van der Waals surface area (Å²) in [6, 6.07) is 19.7. The van der Waals surface area contributed by atoms with Crippen molar-refractivity contribution in [2.45, 2.75) is 19.9 Å². The maximum absolute atomic E-state index is 13.3. The number of rotatable bonds is 9. The Morgan fingerprint density at radius 2 is 1.82 bits per heavy atom. The number of aryl methyl sites for hydroxylation is 1. The van der Waals surface area contributed by atoms with Crippen molar-refractivity contribution in [3.8, 4) is 0 Å². The molecule has 4 rings (SSSR count). The summed E-state index contributed by atoms with van der Waals surface area (Å²) >= 11 is 1.44. The van der Waals surface area contributed by atoms with Gasteiger partial charge in [0.05, 0.1) is 31.1 Å². The van der Waals surface area contributed by atoms with E-state index in [0.29, 0.717) is 24.4 Å². The number of anilines is 1. The van der Waals surface area contributed by atoms with Crippen molar-refractivity contribution >= 4 is 28.8 Å². The van der Waals surface area contributed by atoms with Crippen molar-refractivity contribution in [1.82, 2.24) is 10.2 Å². The third-order valence-corrected chi connectivity index (χ3v) is 6.72. The van der Waals surface area contributed by atoms with Gasteiger partial charge in [0.2, 0.25) is 5.91 Å². The molecule has 1 saturated heterocycles. The van der Waals surface area contributed by atoms with Crippen LogP contribution >= 0.6 is 11.3 Å². The summed E-state index contributed by atoms with van der Waals surface area (Å²) in [5.41, 5.74) is 3.98. The molecule has 7 heteroatoms. The number of ether oxygens (including phenoxy) is 1. The number of amides is 2. The number of benzene rings is 2. The second-order valence-corrected chi connectivity index (χ2v) is 9.45. The molecule has 2 aromatic carbocycles. The van der Waals surface area contributed by atoms with E-state index in [4.69, 9.17) is 4.74 Å². The van der Waals surface area contributed by atoms with Gasteiger partial charge in [0.1, 0.15) is 0 Å². The molecule has 1 fully saturated rings. The number of hydrogen-bond donors (Lipinski definition) is 1. The number of nitrogens with one attached hydrogen (secondary N) is 1. The number of carbonyl (C=O) groups excluding carboxylic acids is 2. The summed E-state index contributed by atoms with van der Waals surface area (Å²) in [4.78, 5) is 30.5. The predicted molar refractivity (Wildman–Crippen MR) is 136 cm³/mol. The number of morpholine rings is 1. The number of nitrogens with zero attached hydrogens (tertiary/aromatic N) is 2. The van der Waals surface area contributed by atoms with Gasteiger partial charge in [-0.3, -0.25) is 14.5 Å². The zero-order valence-corrected chi connectivity index (χ0v) is 20.4. The van der Waals surface area contributed by atoms with Crippen LogP contribution in [-0.4, -0.2) is 56.1 Å². The van der Waals surface area contributed by atoms with E-state index in [1.165, 1.54) is 11.3 Å². The molecule has 2 heterocycles. The zero-order valence-electron chi connectivity index (χ0n) is 19.5. The first-order chi connectivity index (χ1) is 16.6. The van der Waals surface area contributed by atoms with E-state index in [9.17, 15) is 9.59 Å². The van der Waals surface area contributed by atoms with Crippen LogP contribution in [0.15, 0.2) is 66.0 Å². The molecule has 0 radical (unpaired) electrons.